The van der Waals surface area contributed by atoms with Crippen LogP contribution in [0.3, 0.4) is 0 Å². The third-order valence-electron chi connectivity index (χ3n) is 3.37. The van der Waals surface area contributed by atoms with Gasteiger partial charge in [-0.2, -0.15) is 0 Å². The fraction of sp³-hybridized carbons (Fsp3) is 0.214. The Kier molecular flexibility index (Phi) is 3.19. The van der Waals surface area contributed by atoms with Gasteiger partial charge in [0.1, 0.15) is 5.82 Å². The summed E-state index contributed by atoms with van der Waals surface area (Å²) in [5.74, 6) is 0.688. The SMILES string of the molecule is CNCc1nc2c(c(=O)[nH]c(=O)n2-c2ccccc2)n1C. The van der Waals surface area contributed by atoms with E-state index in [0.717, 1.165) is 0 Å². The van der Waals surface area contributed by atoms with E-state index in [1.54, 1.807) is 30.8 Å². The maximum absolute atomic E-state index is 12.2. The number of nitrogens with one attached hydrogen (secondary N) is 2. The number of nitrogens with zero attached hydrogens (tertiary/aromatic N) is 3. The van der Waals surface area contributed by atoms with E-state index in [-0.39, 0.29) is 0 Å². The van der Waals surface area contributed by atoms with Gasteiger partial charge in [0, 0.05) is 7.05 Å². The monoisotopic (exact) mass is 285 g/mol. The minimum absolute atomic E-state index is 0.364. The molecule has 7 heteroatoms. The third kappa shape index (κ3) is 2.07. The van der Waals surface area contributed by atoms with E-state index < -0.39 is 11.2 Å². The van der Waals surface area contributed by atoms with Gasteiger partial charge in [0.25, 0.3) is 5.56 Å². The molecule has 0 fully saturated rings. The lowest BCUT2D eigenvalue weighted by molar-refractivity contribution is 0.718. The van der Waals surface area contributed by atoms with Gasteiger partial charge in [-0.05, 0) is 19.2 Å². The number of aryl methyl sites for hydroxylation is 1. The molecule has 1 aromatic carbocycles. The van der Waals surface area contributed by atoms with Gasteiger partial charge in [-0.25, -0.2) is 14.3 Å². The Labute approximate surface area is 119 Å². The molecular weight excluding hydrogens is 270 g/mol. The molecule has 2 aromatic heterocycles. The second kappa shape index (κ2) is 5.02. The third-order valence-corrected chi connectivity index (χ3v) is 3.37. The topological polar surface area (TPSA) is 84.7 Å². The molecule has 3 rings (SSSR count). The highest BCUT2D eigenvalue weighted by molar-refractivity contribution is 5.73. The number of hydrogen-bond donors (Lipinski definition) is 2. The number of aromatic nitrogens is 4. The smallest absolute Gasteiger partial charge is 0.324 e. The van der Waals surface area contributed by atoms with Crippen LogP contribution < -0.4 is 16.6 Å². The van der Waals surface area contributed by atoms with Crippen molar-refractivity contribution in [3.63, 3.8) is 0 Å². The van der Waals surface area contributed by atoms with Crippen molar-refractivity contribution in [1.82, 2.24) is 24.4 Å². The highest BCUT2D eigenvalue weighted by atomic mass is 16.2. The number of hydrogen-bond acceptors (Lipinski definition) is 4. The Hall–Kier alpha value is -2.67. The molecule has 21 heavy (non-hydrogen) atoms. The van der Waals surface area contributed by atoms with Crippen molar-refractivity contribution in [3.05, 3.63) is 57.0 Å². The van der Waals surface area contributed by atoms with Crippen molar-refractivity contribution in [2.75, 3.05) is 7.05 Å². The van der Waals surface area contributed by atoms with Crippen LogP contribution in [0.15, 0.2) is 39.9 Å². The minimum Gasteiger partial charge on any atom is -0.324 e. The van der Waals surface area contributed by atoms with E-state index in [2.05, 4.69) is 15.3 Å². The van der Waals surface area contributed by atoms with Crippen LogP contribution in [0.25, 0.3) is 16.9 Å². The molecule has 0 amide bonds. The number of rotatable bonds is 3. The number of H-pyrrole nitrogens is 1. The van der Waals surface area contributed by atoms with Crippen molar-refractivity contribution in [2.24, 2.45) is 7.05 Å². The zero-order valence-corrected chi connectivity index (χ0v) is 11.8. The minimum atomic E-state index is -0.493. The zero-order valence-electron chi connectivity index (χ0n) is 11.8. The first-order valence-corrected chi connectivity index (χ1v) is 6.54. The average Bonchev–Trinajstić information content (AvgIpc) is 2.78. The Morgan fingerprint density at radius 3 is 2.62 bits per heavy atom. The molecule has 7 nitrogen and oxygen atoms in total. The summed E-state index contributed by atoms with van der Waals surface area (Å²) in [7, 11) is 3.56. The molecule has 0 saturated carbocycles. The molecule has 108 valence electrons. The number of imidazole rings is 1. The first kappa shape index (κ1) is 13.3. The van der Waals surface area contributed by atoms with Crippen molar-refractivity contribution in [1.29, 1.82) is 0 Å². The molecule has 2 N–H and O–H groups in total. The van der Waals surface area contributed by atoms with E-state index in [9.17, 15) is 9.59 Å². The number of para-hydroxylation sites is 1. The van der Waals surface area contributed by atoms with Gasteiger partial charge in [0.2, 0.25) is 0 Å². The van der Waals surface area contributed by atoms with E-state index in [4.69, 9.17) is 0 Å². The summed E-state index contributed by atoms with van der Waals surface area (Å²) in [6.07, 6.45) is 0. The summed E-state index contributed by atoms with van der Waals surface area (Å²) in [5.41, 5.74) is 0.483. The molecule has 0 aliphatic heterocycles. The summed E-state index contributed by atoms with van der Waals surface area (Å²) in [5, 5.41) is 3.00. The number of fused-ring (bicyclic) bond motifs is 1. The van der Waals surface area contributed by atoms with Crippen molar-refractivity contribution >= 4 is 11.2 Å². The Bertz CT molecular complexity index is 905. The molecule has 0 unspecified atom stereocenters. The molecule has 0 bridgehead atoms. The molecule has 0 saturated heterocycles. The van der Waals surface area contributed by atoms with E-state index in [0.29, 0.717) is 29.2 Å². The van der Waals surface area contributed by atoms with E-state index in [1.807, 2.05) is 18.2 Å². The summed E-state index contributed by atoms with van der Waals surface area (Å²) in [4.78, 5) is 31.0. The number of benzene rings is 1. The van der Waals surface area contributed by atoms with Crippen LogP contribution in [0.4, 0.5) is 0 Å². The fourth-order valence-electron chi connectivity index (χ4n) is 2.38. The van der Waals surface area contributed by atoms with Crippen molar-refractivity contribution in [3.8, 4) is 5.69 Å². The molecule has 0 aliphatic carbocycles. The van der Waals surface area contributed by atoms with Gasteiger partial charge >= 0.3 is 5.69 Å². The van der Waals surface area contributed by atoms with E-state index in [1.165, 1.54) is 4.57 Å². The van der Waals surface area contributed by atoms with Gasteiger partial charge in [-0.3, -0.25) is 9.78 Å². The highest BCUT2D eigenvalue weighted by Gasteiger charge is 2.16. The molecule has 0 aliphatic rings. The van der Waals surface area contributed by atoms with Crippen LogP contribution in [0.1, 0.15) is 5.82 Å². The first-order chi connectivity index (χ1) is 10.1. The van der Waals surface area contributed by atoms with Crippen molar-refractivity contribution < 1.29 is 0 Å². The standard InChI is InChI=1S/C14H15N5O2/c1-15-8-10-16-12-11(18(10)2)13(20)17-14(21)19(12)9-6-4-3-5-7-9/h3-7,15H,8H2,1-2H3,(H,17,20,21). The molecule has 0 spiro atoms. The maximum Gasteiger partial charge on any atom is 0.334 e. The highest BCUT2D eigenvalue weighted by Crippen LogP contribution is 2.13. The van der Waals surface area contributed by atoms with Crippen LogP contribution >= 0.6 is 0 Å². The lowest BCUT2D eigenvalue weighted by Crippen LogP contribution is -2.29. The van der Waals surface area contributed by atoms with Crippen LogP contribution in [0.2, 0.25) is 0 Å². The second-order valence-electron chi connectivity index (χ2n) is 4.72. The first-order valence-electron chi connectivity index (χ1n) is 6.54. The van der Waals surface area contributed by atoms with Gasteiger partial charge in [0.15, 0.2) is 11.2 Å². The zero-order chi connectivity index (χ0) is 15.0. The predicted octanol–water partition coefficient (Wildman–Crippen LogP) is 0.132. The van der Waals surface area contributed by atoms with Gasteiger partial charge in [-0.1, -0.05) is 18.2 Å². The molecule has 0 radical (unpaired) electrons. The Morgan fingerprint density at radius 1 is 1.24 bits per heavy atom. The van der Waals surface area contributed by atoms with Crippen LogP contribution in [0, 0.1) is 0 Å². The summed E-state index contributed by atoms with van der Waals surface area (Å²) < 4.78 is 3.11. The van der Waals surface area contributed by atoms with Crippen LogP contribution in [0.5, 0.6) is 0 Å². The lowest BCUT2D eigenvalue weighted by Gasteiger charge is -2.05. The number of aromatic amines is 1. The quantitative estimate of drug-likeness (QED) is 0.716. The van der Waals surface area contributed by atoms with Gasteiger partial charge in [0.05, 0.1) is 12.2 Å². The van der Waals surface area contributed by atoms with Gasteiger partial charge < -0.3 is 9.88 Å². The maximum atomic E-state index is 12.2. The normalized spacial score (nSPS) is 11.1. The average molecular weight is 285 g/mol. The molecular formula is C14H15N5O2. The summed E-state index contributed by atoms with van der Waals surface area (Å²) in [6, 6.07) is 9.12. The fourth-order valence-corrected chi connectivity index (χ4v) is 2.38. The van der Waals surface area contributed by atoms with Crippen molar-refractivity contribution in [2.45, 2.75) is 6.54 Å². The molecule has 0 atom stereocenters. The Balaban J connectivity index is 2.43. The second-order valence-corrected chi connectivity index (χ2v) is 4.72. The summed E-state index contributed by atoms with van der Waals surface area (Å²) >= 11 is 0. The van der Waals surface area contributed by atoms with Crippen LogP contribution in [-0.4, -0.2) is 26.1 Å². The Morgan fingerprint density at radius 2 is 1.95 bits per heavy atom. The lowest BCUT2D eigenvalue weighted by atomic mass is 10.3. The molecule has 3 aromatic rings. The summed E-state index contributed by atoms with van der Waals surface area (Å²) in [6.45, 7) is 0.508. The predicted molar refractivity (Wildman–Crippen MR) is 79.7 cm³/mol. The van der Waals surface area contributed by atoms with Crippen LogP contribution in [-0.2, 0) is 13.6 Å². The van der Waals surface area contributed by atoms with E-state index >= 15 is 0 Å². The van der Waals surface area contributed by atoms with Gasteiger partial charge in [-0.15, -0.1) is 0 Å². The largest absolute Gasteiger partial charge is 0.334 e. The molecule has 2 heterocycles.